The van der Waals surface area contributed by atoms with Crippen LogP contribution in [0.15, 0.2) is 4.79 Å². The van der Waals surface area contributed by atoms with E-state index in [2.05, 4.69) is 15.2 Å². The molecule has 0 aliphatic rings. The molecule has 3 heterocycles. The molecule has 0 unspecified atom stereocenters. The molecule has 3 rings (SSSR count). The second-order valence-corrected chi connectivity index (χ2v) is 9.52. The molecule has 1 N–H and O–H groups in total. The van der Waals surface area contributed by atoms with Crippen molar-refractivity contribution < 1.29 is 14.3 Å². The summed E-state index contributed by atoms with van der Waals surface area (Å²) in [5.74, 6) is -0.367. The van der Waals surface area contributed by atoms with Crippen LogP contribution in [0.2, 0.25) is 0 Å². The third kappa shape index (κ3) is 4.74. The first-order chi connectivity index (χ1) is 15.2. The molecular formula is C21H27N5O4S2. The number of thiophene rings is 1. The molecule has 0 atom stereocenters. The maximum absolute atomic E-state index is 13.4. The van der Waals surface area contributed by atoms with Crippen molar-refractivity contribution in [3.63, 3.8) is 0 Å². The minimum Gasteiger partial charge on any atom is -0.465 e. The summed E-state index contributed by atoms with van der Waals surface area (Å²) in [5.41, 5.74) is 1.15. The average molecular weight is 478 g/mol. The van der Waals surface area contributed by atoms with E-state index in [1.807, 2.05) is 27.7 Å². The molecular weight excluding hydrogens is 450 g/mol. The van der Waals surface area contributed by atoms with Crippen LogP contribution in [0.25, 0.3) is 10.2 Å². The molecule has 3 aromatic heterocycles. The fraction of sp³-hybridized carbons (Fsp3) is 0.476. The van der Waals surface area contributed by atoms with E-state index in [1.165, 1.54) is 23.0 Å². The number of rotatable bonds is 8. The summed E-state index contributed by atoms with van der Waals surface area (Å²) in [4.78, 5) is 51.2. The smallest absolute Gasteiger partial charge is 0.350 e. The summed E-state index contributed by atoms with van der Waals surface area (Å²) in [6.45, 7) is 11.5. The lowest BCUT2D eigenvalue weighted by Crippen LogP contribution is -2.34. The second-order valence-electron chi connectivity index (χ2n) is 7.32. The van der Waals surface area contributed by atoms with Gasteiger partial charge in [-0.25, -0.2) is 14.8 Å². The summed E-state index contributed by atoms with van der Waals surface area (Å²) in [5, 5.41) is 3.53. The molecule has 0 saturated heterocycles. The Morgan fingerprint density at radius 1 is 1.12 bits per heavy atom. The Hall–Kier alpha value is -2.63. The number of nitrogens with one attached hydrogen (secondary N) is 1. The van der Waals surface area contributed by atoms with Gasteiger partial charge in [0.2, 0.25) is 5.91 Å². The van der Waals surface area contributed by atoms with Gasteiger partial charge in [-0.3, -0.25) is 19.1 Å². The van der Waals surface area contributed by atoms with Crippen LogP contribution in [0.3, 0.4) is 0 Å². The van der Waals surface area contributed by atoms with E-state index < -0.39 is 11.9 Å². The second kappa shape index (κ2) is 9.88. The van der Waals surface area contributed by atoms with Gasteiger partial charge >= 0.3 is 5.97 Å². The van der Waals surface area contributed by atoms with Gasteiger partial charge in [-0.2, -0.15) is 0 Å². The molecule has 0 aromatic carbocycles. The fourth-order valence-corrected chi connectivity index (χ4v) is 5.27. The number of fused-ring (bicyclic) bond motifs is 1. The highest BCUT2D eigenvalue weighted by Gasteiger charge is 2.21. The fourth-order valence-electron chi connectivity index (χ4n) is 3.33. The summed E-state index contributed by atoms with van der Waals surface area (Å²) in [6.07, 6.45) is 0. The highest BCUT2D eigenvalue weighted by Crippen LogP contribution is 2.27. The molecule has 0 aliphatic heterocycles. The van der Waals surface area contributed by atoms with E-state index in [-0.39, 0.29) is 17.2 Å². The van der Waals surface area contributed by atoms with Gasteiger partial charge in [-0.1, -0.05) is 25.2 Å². The molecule has 0 aliphatic carbocycles. The Morgan fingerprint density at radius 3 is 2.44 bits per heavy atom. The standard InChI is InChI=1S/C21H27N5O4S2/c1-7-25(8-2)9-14-23-18-16(11(3)13(5)31-18)19(28)26(14)10-15(27)24-21-22-12(4)17(32-21)20(29)30-6/h7-10H2,1-6H3,(H,22,24,27). The predicted molar refractivity (Wildman–Crippen MR) is 127 cm³/mol. The van der Waals surface area contributed by atoms with E-state index in [0.29, 0.717) is 33.2 Å². The molecule has 32 heavy (non-hydrogen) atoms. The van der Waals surface area contributed by atoms with Crippen LogP contribution in [0.5, 0.6) is 0 Å². The Balaban J connectivity index is 1.96. The van der Waals surface area contributed by atoms with E-state index in [1.54, 1.807) is 6.92 Å². The van der Waals surface area contributed by atoms with Crippen molar-refractivity contribution in [2.75, 3.05) is 25.5 Å². The van der Waals surface area contributed by atoms with Crippen molar-refractivity contribution in [2.24, 2.45) is 0 Å². The molecule has 9 nitrogen and oxygen atoms in total. The highest BCUT2D eigenvalue weighted by atomic mass is 32.1. The number of ether oxygens (including phenoxy) is 1. The number of anilines is 1. The molecule has 1 amide bonds. The predicted octanol–water partition coefficient (Wildman–Crippen LogP) is 3.11. The lowest BCUT2D eigenvalue weighted by atomic mass is 10.2. The molecule has 172 valence electrons. The van der Waals surface area contributed by atoms with Crippen LogP contribution in [-0.2, 0) is 22.6 Å². The molecule has 0 spiro atoms. The first-order valence-corrected chi connectivity index (χ1v) is 11.9. The number of carbonyl (C=O) groups excluding carboxylic acids is 2. The van der Waals surface area contributed by atoms with Crippen LogP contribution in [-0.4, -0.2) is 51.5 Å². The molecule has 11 heteroatoms. The normalized spacial score (nSPS) is 11.3. The molecule has 3 aromatic rings. The summed E-state index contributed by atoms with van der Waals surface area (Å²) >= 11 is 2.53. The van der Waals surface area contributed by atoms with Gasteiger partial charge in [0.05, 0.1) is 24.7 Å². The van der Waals surface area contributed by atoms with Crippen LogP contribution in [0.1, 0.15) is 45.5 Å². The topological polar surface area (TPSA) is 106 Å². The Labute approximate surface area is 194 Å². The number of aryl methyl sites for hydroxylation is 3. The first-order valence-electron chi connectivity index (χ1n) is 10.3. The number of esters is 1. The SMILES string of the molecule is CCN(CC)Cc1nc2sc(C)c(C)c2c(=O)n1CC(=O)Nc1nc(C)c(C(=O)OC)s1. The number of nitrogens with zero attached hydrogens (tertiary/aromatic N) is 4. The van der Waals surface area contributed by atoms with Crippen LogP contribution < -0.4 is 10.9 Å². The number of thiazole rings is 1. The van der Waals surface area contributed by atoms with Crippen molar-refractivity contribution in [3.8, 4) is 0 Å². The first kappa shape index (κ1) is 24.0. The Morgan fingerprint density at radius 2 is 1.81 bits per heavy atom. The van der Waals surface area contributed by atoms with Gasteiger partial charge < -0.3 is 10.1 Å². The minimum atomic E-state index is -0.504. The summed E-state index contributed by atoms with van der Waals surface area (Å²) < 4.78 is 6.18. The third-order valence-electron chi connectivity index (χ3n) is 5.34. The van der Waals surface area contributed by atoms with Crippen molar-refractivity contribution in [1.29, 1.82) is 0 Å². The monoisotopic (exact) mass is 477 g/mol. The highest BCUT2D eigenvalue weighted by molar-refractivity contribution is 7.18. The van der Waals surface area contributed by atoms with Crippen molar-refractivity contribution in [1.82, 2.24) is 19.4 Å². The molecule has 0 bridgehead atoms. The quantitative estimate of drug-likeness (QED) is 0.497. The zero-order valence-electron chi connectivity index (χ0n) is 19.1. The number of hydrogen-bond donors (Lipinski definition) is 1. The van der Waals surface area contributed by atoms with E-state index >= 15 is 0 Å². The van der Waals surface area contributed by atoms with Crippen molar-refractivity contribution >= 4 is 49.9 Å². The van der Waals surface area contributed by atoms with Gasteiger partial charge in [0.1, 0.15) is 22.1 Å². The van der Waals surface area contributed by atoms with Gasteiger partial charge in [-0.05, 0) is 39.4 Å². The average Bonchev–Trinajstić information content (AvgIpc) is 3.26. The third-order valence-corrected chi connectivity index (χ3v) is 7.50. The zero-order valence-corrected chi connectivity index (χ0v) is 20.7. The van der Waals surface area contributed by atoms with Crippen LogP contribution in [0, 0.1) is 20.8 Å². The number of aromatic nitrogens is 3. The maximum Gasteiger partial charge on any atom is 0.350 e. The lowest BCUT2D eigenvalue weighted by Gasteiger charge is -2.20. The van der Waals surface area contributed by atoms with Crippen LogP contribution >= 0.6 is 22.7 Å². The van der Waals surface area contributed by atoms with Gasteiger partial charge in [-0.15, -0.1) is 11.3 Å². The molecule has 0 fully saturated rings. The van der Waals surface area contributed by atoms with Gasteiger partial charge in [0.15, 0.2) is 5.13 Å². The minimum absolute atomic E-state index is 0.196. The zero-order chi connectivity index (χ0) is 23.6. The number of methoxy groups -OCH3 is 1. The summed E-state index contributed by atoms with van der Waals surface area (Å²) in [6, 6.07) is 0. The Bertz CT molecular complexity index is 1220. The lowest BCUT2D eigenvalue weighted by molar-refractivity contribution is -0.116. The molecule has 0 radical (unpaired) electrons. The van der Waals surface area contributed by atoms with Gasteiger partial charge in [0.25, 0.3) is 5.56 Å². The summed E-state index contributed by atoms with van der Waals surface area (Å²) in [7, 11) is 1.29. The van der Waals surface area contributed by atoms with E-state index in [4.69, 9.17) is 9.72 Å². The van der Waals surface area contributed by atoms with E-state index in [0.717, 1.165) is 34.9 Å². The maximum atomic E-state index is 13.4. The number of hydrogen-bond acceptors (Lipinski definition) is 9. The van der Waals surface area contributed by atoms with Crippen molar-refractivity contribution in [2.45, 2.75) is 47.7 Å². The Kier molecular flexibility index (Phi) is 7.42. The number of amides is 1. The van der Waals surface area contributed by atoms with Gasteiger partial charge in [0, 0.05) is 4.88 Å². The van der Waals surface area contributed by atoms with Crippen molar-refractivity contribution in [3.05, 3.63) is 37.2 Å². The van der Waals surface area contributed by atoms with Crippen LogP contribution in [0.4, 0.5) is 5.13 Å². The number of carbonyl (C=O) groups is 2. The largest absolute Gasteiger partial charge is 0.465 e. The van der Waals surface area contributed by atoms with E-state index in [9.17, 15) is 14.4 Å². The molecule has 0 saturated carbocycles.